The first-order valence-electron chi connectivity index (χ1n) is 10.2. The standard InChI is InChI=1S/C25H23ClN2O4/c1-2-18-5-8-21(9-6-18)31-12-13-32-24-10-7-19(15-23(24)26)14-20(16-27)25(29)28-17-22-4-3-11-30-22/h3-11,14-15H,2,12-13,17H2,1H3,(H,28,29)/b20-14+. The average molecular weight is 451 g/mol. The van der Waals surface area contributed by atoms with E-state index >= 15 is 0 Å². The lowest BCUT2D eigenvalue weighted by molar-refractivity contribution is -0.117. The van der Waals surface area contributed by atoms with Crippen molar-refractivity contribution >= 4 is 23.6 Å². The van der Waals surface area contributed by atoms with Crippen LogP contribution in [0, 0.1) is 11.3 Å². The zero-order valence-corrected chi connectivity index (χ0v) is 18.4. The van der Waals surface area contributed by atoms with Gasteiger partial charge in [-0.15, -0.1) is 0 Å². The summed E-state index contributed by atoms with van der Waals surface area (Å²) in [6, 6.07) is 18.4. The summed E-state index contributed by atoms with van der Waals surface area (Å²) in [5.41, 5.74) is 1.83. The largest absolute Gasteiger partial charge is 0.490 e. The number of furan rings is 1. The van der Waals surface area contributed by atoms with Gasteiger partial charge in [-0.2, -0.15) is 5.26 Å². The van der Waals surface area contributed by atoms with E-state index in [0.29, 0.717) is 35.3 Å². The second-order valence-electron chi connectivity index (χ2n) is 6.82. The summed E-state index contributed by atoms with van der Waals surface area (Å²) >= 11 is 6.30. The van der Waals surface area contributed by atoms with Gasteiger partial charge in [0.1, 0.15) is 42.1 Å². The normalized spacial score (nSPS) is 11.0. The molecule has 0 aliphatic heterocycles. The predicted molar refractivity (Wildman–Crippen MR) is 122 cm³/mol. The maximum atomic E-state index is 12.2. The lowest BCUT2D eigenvalue weighted by atomic mass is 10.1. The molecule has 7 heteroatoms. The van der Waals surface area contributed by atoms with Crippen molar-refractivity contribution in [2.45, 2.75) is 19.9 Å². The number of halogens is 1. The van der Waals surface area contributed by atoms with Crippen LogP contribution in [0.5, 0.6) is 11.5 Å². The summed E-state index contributed by atoms with van der Waals surface area (Å²) in [6.07, 6.45) is 3.97. The third-order valence-electron chi connectivity index (χ3n) is 4.58. The van der Waals surface area contributed by atoms with Crippen LogP contribution in [-0.4, -0.2) is 19.1 Å². The van der Waals surface area contributed by atoms with Crippen LogP contribution in [0.4, 0.5) is 0 Å². The van der Waals surface area contributed by atoms with Gasteiger partial charge in [0, 0.05) is 0 Å². The fraction of sp³-hybridized carbons (Fsp3) is 0.200. The minimum atomic E-state index is -0.496. The first kappa shape index (κ1) is 23.0. The molecule has 0 saturated heterocycles. The van der Waals surface area contributed by atoms with Crippen molar-refractivity contribution < 1.29 is 18.7 Å². The molecule has 1 amide bonds. The van der Waals surface area contributed by atoms with E-state index in [4.69, 9.17) is 25.5 Å². The molecule has 6 nitrogen and oxygen atoms in total. The Hall–Kier alpha value is -3.69. The zero-order valence-electron chi connectivity index (χ0n) is 17.6. The number of amides is 1. The number of carbonyl (C=O) groups is 1. The zero-order chi connectivity index (χ0) is 22.8. The molecule has 1 N–H and O–H groups in total. The highest BCUT2D eigenvalue weighted by molar-refractivity contribution is 6.32. The number of carbonyl (C=O) groups excluding carboxylic acids is 1. The van der Waals surface area contributed by atoms with Crippen molar-refractivity contribution in [1.82, 2.24) is 5.32 Å². The van der Waals surface area contributed by atoms with Crippen molar-refractivity contribution in [3.05, 3.63) is 88.3 Å². The molecule has 2 aromatic carbocycles. The monoisotopic (exact) mass is 450 g/mol. The Labute approximate surface area is 192 Å². The molecule has 1 aromatic heterocycles. The smallest absolute Gasteiger partial charge is 0.262 e. The molecule has 3 rings (SSSR count). The fourth-order valence-corrected chi connectivity index (χ4v) is 3.09. The molecule has 0 atom stereocenters. The molecule has 0 aliphatic carbocycles. The predicted octanol–water partition coefficient (Wildman–Crippen LogP) is 5.18. The summed E-state index contributed by atoms with van der Waals surface area (Å²) in [5, 5.41) is 12.3. The first-order valence-corrected chi connectivity index (χ1v) is 10.5. The van der Waals surface area contributed by atoms with Crippen LogP contribution in [0.1, 0.15) is 23.8 Å². The van der Waals surface area contributed by atoms with Crippen LogP contribution >= 0.6 is 11.6 Å². The van der Waals surface area contributed by atoms with Crippen LogP contribution in [0.15, 0.2) is 70.9 Å². The Morgan fingerprint density at radius 2 is 1.94 bits per heavy atom. The number of hydrogen-bond acceptors (Lipinski definition) is 5. The topological polar surface area (TPSA) is 84.5 Å². The van der Waals surface area contributed by atoms with E-state index in [0.717, 1.165) is 12.2 Å². The third kappa shape index (κ3) is 6.66. The molecule has 3 aromatic rings. The van der Waals surface area contributed by atoms with E-state index in [9.17, 15) is 10.1 Å². The number of rotatable bonds is 10. The van der Waals surface area contributed by atoms with E-state index in [1.807, 2.05) is 30.3 Å². The molecular weight excluding hydrogens is 428 g/mol. The highest BCUT2D eigenvalue weighted by Crippen LogP contribution is 2.26. The molecule has 0 bridgehead atoms. The minimum absolute atomic E-state index is 0.0382. The quantitative estimate of drug-likeness (QED) is 0.261. The average Bonchev–Trinajstić information content (AvgIpc) is 3.34. The number of nitriles is 1. The summed E-state index contributed by atoms with van der Waals surface area (Å²) in [7, 11) is 0. The molecular formula is C25H23ClN2O4. The summed E-state index contributed by atoms with van der Waals surface area (Å²) in [6.45, 7) is 3.00. The van der Waals surface area contributed by atoms with Crippen LogP contribution < -0.4 is 14.8 Å². The second kappa shape index (κ2) is 11.6. The van der Waals surface area contributed by atoms with Gasteiger partial charge in [0.2, 0.25) is 0 Å². The van der Waals surface area contributed by atoms with Crippen molar-refractivity contribution in [3.63, 3.8) is 0 Å². The third-order valence-corrected chi connectivity index (χ3v) is 4.87. The SMILES string of the molecule is CCc1ccc(OCCOc2ccc(/C=C(\C#N)C(=O)NCc3ccco3)cc2Cl)cc1. The molecule has 164 valence electrons. The fourth-order valence-electron chi connectivity index (χ4n) is 2.85. The van der Waals surface area contributed by atoms with Crippen LogP contribution in [-0.2, 0) is 17.8 Å². The maximum Gasteiger partial charge on any atom is 0.262 e. The van der Waals surface area contributed by atoms with Gasteiger partial charge in [-0.25, -0.2) is 0 Å². The Kier molecular flexibility index (Phi) is 8.36. The number of ether oxygens (including phenoxy) is 2. The highest BCUT2D eigenvalue weighted by Gasteiger charge is 2.10. The Bertz CT molecular complexity index is 1100. The Morgan fingerprint density at radius 1 is 1.16 bits per heavy atom. The molecule has 0 radical (unpaired) electrons. The van der Waals surface area contributed by atoms with Crippen molar-refractivity contribution in [3.8, 4) is 17.6 Å². The number of benzene rings is 2. The van der Waals surface area contributed by atoms with Crippen molar-refractivity contribution in [2.24, 2.45) is 0 Å². The number of aryl methyl sites for hydroxylation is 1. The van der Waals surface area contributed by atoms with Crippen LogP contribution in [0.3, 0.4) is 0 Å². The molecule has 0 unspecified atom stereocenters. The van der Waals surface area contributed by atoms with Gasteiger partial charge in [0.25, 0.3) is 5.91 Å². The highest BCUT2D eigenvalue weighted by atomic mass is 35.5. The van der Waals surface area contributed by atoms with E-state index in [2.05, 4.69) is 12.2 Å². The lowest BCUT2D eigenvalue weighted by Gasteiger charge is -2.10. The van der Waals surface area contributed by atoms with E-state index < -0.39 is 5.91 Å². The number of nitrogens with zero attached hydrogens (tertiary/aromatic N) is 1. The van der Waals surface area contributed by atoms with Gasteiger partial charge >= 0.3 is 0 Å². The van der Waals surface area contributed by atoms with Gasteiger partial charge in [-0.3, -0.25) is 4.79 Å². The van der Waals surface area contributed by atoms with Gasteiger partial charge in [0.15, 0.2) is 0 Å². The summed E-state index contributed by atoms with van der Waals surface area (Å²) in [5.74, 6) is 1.38. The van der Waals surface area contributed by atoms with Gasteiger partial charge in [-0.1, -0.05) is 36.7 Å². The summed E-state index contributed by atoms with van der Waals surface area (Å²) in [4.78, 5) is 12.2. The molecule has 0 aliphatic rings. The van der Waals surface area contributed by atoms with Gasteiger partial charge in [0.05, 0.1) is 17.8 Å². The summed E-state index contributed by atoms with van der Waals surface area (Å²) < 4.78 is 16.5. The Morgan fingerprint density at radius 3 is 2.59 bits per heavy atom. The first-order chi connectivity index (χ1) is 15.6. The second-order valence-corrected chi connectivity index (χ2v) is 7.22. The lowest BCUT2D eigenvalue weighted by Crippen LogP contribution is -2.23. The molecule has 0 saturated carbocycles. The van der Waals surface area contributed by atoms with Crippen molar-refractivity contribution in [2.75, 3.05) is 13.2 Å². The van der Waals surface area contributed by atoms with Crippen molar-refractivity contribution in [1.29, 1.82) is 5.26 Å². The van der Waals surface area contributed by atoms with Crippen LogP contribution in [0.2, 0.25) is 5.02 Å². The maximum absolute atomic E-state index is 12.2. The van der Waals surface area contributed by atoms with E-state index in [1.165, 1.54) is 17.9 Å². The number of hydrogen-bond donors (Lipinski definition) is 1. The number of nitrogens with one attached hydrogen (secondary N) is 1. The minimum Gasteiger partial charge on any atom is -0.490 e. The molecule has 1 heterocycles. The van der Waals surface area contributed by atoms with Crippen LogP contribution in [0.25, 0.3) is 6.08 Å². The molecule has 32 heavy (non-hydrogen) atoms. The van der Waals surface area contributed by atoms with E-state index in [-0.39, 0.29) is 12.1 Å². The van der Waals surface area contributed by atoms with Gasteiger partial charge < -0.3 is 19.2 Å². The van der Waals surface area contributed by atoms with E-state index in [1.54, 1.807) is 30.3 Å². The molecule has 0 spiro atoms. The van der Waals surface area contributed by atoms with Gasteiger partial charge in [-0.05, 0) is 60.0 Å². The Balaban J connectivity index is 1.52. The molecule has 0 fully saturated rings.